The summed E-state index contributed by atoms with van der Waals surface area (Å²) in [5, 5.41) is 2.06. The average Bonchev–Trinajstić information content (AvgIpc) is 2.83. The lowest BCUT2D eigenvalue weighted by Gasteiger charge is -2.23. The van der Waals surface area contributed by atoms with Crippen LogP contribution < -0.4 is 15.2 Å². The lowest BCUT2D eigenvalue weighted by atomic mass is 10.0. The maximum Gasteiger partial charge on any atom is 0.166 e. The zero-order valence-corrected chi connectivity index (χ0v) is 12.7. The van der Waals surface area contributed by atoms with Crippen molar-refractivity contribution in [1.29, 1.82) is 0 Å². The van der Waals surface area contributed by atoms with Crippen molar-refractivity contribution in [1.82, 2.24) is 0 Å². The van der Waals surface area contributed by atoms with Crippen molar-refractivity contribution in [2.75, 3.05) is 13.2 Å². The number of rotatable bonds is 3. The van der Waals surface area contributed by atoms with Crippen LogP contribution in [-0.2, 0) is 6.42 Å². The van der Waals surface area contributed by atoms with Gasteiger partial charge in [-0.3, -0.25) is 0 Å². The highest BCUT2D eigenvalue weighted by atomic mass is 79.9. The van der Waals surface area contributed by atoms with E-state index in [1.165, 1.54) is 4.88 Å². The van der Waals surface area contributed by atoms with Crippen molar-refractivity contribution in [2.24, 2.45) is 5.73 Å². The second-order valence-electron chi connectivity index (χ2n) is 4.37. The van der Waals surface area contributed by atoms with Crippen LogP contribution in [-0.4, -0.2) is 13.2 Å². The summed E-state index contributed by atoms with van der Waals surface area (Å²) in [6, 6.07) is 7.86. The third kappa shape index (κ3) is 2.63. The van der Waals surface area contributed by atoms with E-state index < -0.39 is 0 Å². The molecule has 5 heteroatoms. The zero-order valence-electron chi connectivity index (χ0n) is 10.3. The summed E-state index contributed by atoms with van der Waals surface area (Å²) in [4.78, 5) is 1.25. The van der Waals surface area contributed by atoms with Gasteiger partial charge in [-0.15, -0.1) is 11.3 Å². The highest BCUT2D eigenvalue weighted by molar-refractivity contribution is 9.10. The Balaban J connectivity index is 1.87. The largest absolute Gasteiger partial charge is 0.486 e. The molecule has 3 rings (SSSR count). The van der Waals surface area contributed by atoms with Gasteiger partial charge < -0.3 is 15.2 Å². The van der Waals surface area contributed by atoms with E-state index in [0.717, 1.165) is 28.0 Å². The first kappa shape index (κ1) is 13.0. The number of fused-ring (bicyclic) bond motifs is 1. The third-order valence-electron chi connectivity index (χ3n) is 3.09. The lowest BCUT2D eigenvalue weighted by Crippen LogP contribution is -2.20. The molecule has 0 fully saturated rings. The van der Waals surface area contributed by atoms with Crippen LogP contribution in [0.2, 0.25) is 0 Å². The lowest BCUT2D eigenvalue weighted by molar-refractivity contribution is 0.169. The second-order valence-corrected chi connectivity index (χ2v) is 6.23. The molecule has 2 heterocycles. The van der Waals surface area contributed by atoms with Gasteiger partial charge in [0.25, 0.3) is 0 Å². The smallest absolute Gasteiger partial charge is 0.166 e. The Morgan fingerprint density at radius 3 is 2.89 bits per heavy atom. The first-order valence-electron chi connectivity index (χ1n) is 6.11. The van der Waals surface area contributed by atoms with Gasteiger partial charge in [0.05, 0.1) is 0 Å². The minimum Gasteiger partial charge on any atom is -0.486 e. The number of para-hydroxylation sites is 1. The molecule has 1 aliphatic heterocycles. The van der Waals surface area contributed by atoms with E-state index in [2.05, 4.69) is 21.3 Å². The molecular formula is C14H14BrNO2S. The number of hydrogen-bond donors (Lipinski definition) is 1. The van der Waals surface area contributed by atoms with Crippen LogP contribution in [0.1, 0.15) is 16.5 Å². The molecule has 0 spiro atoms. The van der Waals surface area contributed by atoms with Gasteiger partial charge in [0.1, 0.15) is 13.2 Å². The Hall–Kier alpha value is -1.04. The summed E-state index contributed by atoms with van der Waals surface area (Å²) in [5.74, 6) is 1.60. The van der Waals surface area contributed by atoms with E-state index in [1.807, 2.05) is 24.3 Å². The van der Waals surface area contributed by atoms with Gasteiger partial charge in [0, 0.05) is 27.4 Å². The molecule has 1 aliphatic rings. The Morgan fingerprint density at radius 1 is 1.26 bits per heavy atom. The molecule has 0 bridgehead atoms. The second kappa shape index (κ2) is 5.53. The molecule has 1 aromatic carbocycles. The number of nitrogens with two attached hydrogens (primary N) is 1. The van der Waals surface area contributed by atoms with Crippen LogP contribution in [0.3, 0.4) is 0 Å². The normalized spacial score (nSPS) is 15.3. The highest BCUT2D eigenvalue weighted by Crippen LogP contribution is 2.38. The fourth-order valence-electron chi connectivity index (χ4n) is 2.17. The SMILES string of the molecule is NC(Cc1sccc1Br)c1cccc2c1OCCO2. The third-order valence-corrected chi connectivity index (χ3v) is 5.04. The Kier molecular flexibility index (Phi) is 3.77. The number of halogens is 1. The van der Waals surface area contributed by atoms with Crippen molar-refractivity contribution in [3.8, 4) is 11.5 Å². The van der Waals surface area contributed by atoms with E-state index in [1.54, 1.807) is 11.3 Å². The molecule has 2 aromatic rings. The predicted octanol–water partition coefficient (Wildman–Crippen LogP) is 3.52. The Bertz CT molecular complexity index is 585. The molecule has 1 atom stereocenters. The van der Waals surface area contributed by atoms with Gasteiger partial charge in [0.2, 0.25) is 0 Å². The van der Waals surface area contributed by atoms with E-state index in [4.69, 9.17) is 15.2 Å². The summed E-state index contributed by atoms with van der Waals surface area (Å²) in [6.07, 6.45) is 0.790. The number of ether oxygens (including phenoxy) is 2. The van der Waals surface area contributed by atoms with E-state index in [0.29, 0.717) is 13.2 Å². The number of hydrogen-bond acceptors (Lipinski definition) is 4. The monoisotopic (exact) mass is 339 g/mol. The highest BCUT2D eigenvalue weighted by Gasteiger charge is 2.20. The molecule has 0 saturated heterocycles. The van der Waals surface area contributed by atoms with Crippen LogP contribution >= 0.6 is 27.3 Å². The van der Waals surface area contributed by atoms with Crippen molar-refractivity contribution in [3.05, 3.63) is 44.6 Å². The molecule has 2 N–H and O–H groups in total. The van der Waals surface area contributed by atoms with E-state index in [-0.39, 0.29) is 6.04 Å². The standard InChI is InChI=1S/C14H14BrNO2S/c15-10-4-7-19-13(10)8-11(16)9-2-1-3-12-14(9)18-6-5-17-12/h1-4,7,11H,5-6,8,16H2. The van der Waals surface area contributed by atoms with Gasteiger partial charge in [-0.1, -0.05) is 12.1 Å². The molecule has 0 amide bonds. The molecule has 3 nitrogen and oxygen atoms in total. The van der Waals surface area contributed by atoms with Crippen molar-refractivity contribution in [2.45, 2.75) is 12.5 Å². The summed E-state index contributed by atoms with van der Waals surface area (Å²) in [5.41, 5.74) is 7.34. The fraction of sp³-hybridized carbons (Fsp3) is 0.286. The molecule has 0 radical (unpaired) electrons. The van der Waals surface area contributed by atoms with Gasteiger partial charge in [-0.2, -0.15) is 0 Å². The Labute approximate surface area is 124 Å². The van der Waals surface area contributed by atoms with Crippen molar-refractivity contribution in [3.63, 3.8) is 0 Å². The van der Waals surface area contributed by atoms with Crippen LogP contribution in [0.15, 0.2) is 34.1 Å². The summed E-state index contributed by atoms with van der Waals surface area (Å²) < 4.78 is 12.4. The molecular weight excluding hydrogens is 326 g/mol. The molecule has 19 heavy (non-hydrogen) atoms. The van der Waals surface area contributed by atoms with Crippen LogP contribution in [0.25, 0.3) is 0 Å². The van der Waals surface area contributed by atoms with Crippen molar-refractivity contribution < 1.29 is 9.47 Å². The molecule has 0 saturated carbocycles. The van der Waals surface area contributed by atoms with Gasteiger partial charge in [-0.05, 0) is 33.4 Å². The fourth-order valence-corrected chi connectivity index (χ4v) is 3.74. The van der Waals surface area contributed by atoms with E-state index >= 15 is 0 Å². The minimum atomic E-state index is -0.0911. The topological polar surface area (TPSA) is 44.5 Å². The quantitative estimate of drug-likeness (QED) is 0.930. The van der Waals surface area contributed by atoms with Crippen LogP contribution in [0.4, 0.5) is 0 Å². The molecule has 0 aliphatic carbocycles. The number of thiophene rings is 1. The molecule has 1 aromatic heterocycles. The van der Waals surface area contributed by atoms with Gasteiger partial charge >= 0.3 is 0 Å². The summed E-state index contributed by atoms with van der Waals surface area (Å²) >= 11 is 5.25. The average molecular weight is 340 g/mol. The Morgan fingerprint density at radius 2 is 2.11 bits per heavy atom. The van der Waals surface area contributed by atoms with Gasteiger partial charge in [0.15, 0.2) is 11.5 Å². The molecule has 100 valence electrons. The predicted molar refractivity (Wildman–Crippen MR) is 80.1 cm³/mol. The van der Waals surface area contributed by atoms with Gasteiger partial charge in [-0.25, -0.2) is 0 Å². The van der Waals surface area contributed by atoms with Crippen LogP contribution in [0.5, 0.6) is 11.5 Å². The van der Waals surface area contributed by atoms with Crippen molar-refractivity contribution >= 4 is 27.3 Å². The number of benzene rings is 1. The first-order valence-corrected chi connectivity index (χ1v) is 7.79. The maximum absolute atomic E-state index is 6.33. The maximum atomic E-state index is 6.33. The van der Waals surface area contributed by atoms with Crippen LogP contribution in [0, 0.1) is 0 Å². The van der Waals surface area contributed by atoms with E-state index in [9.17, 15) is 0 Å². The summed E-state index contributed by atoms with van der Waals surface area (Å²) in [7, 11) is 0. The molecule has 1 unspecified atom stereocenters. The zero-order chi connectivity index (χ0) is 13.2. The first-order chi connectivity index (χ1) is 9.25. The summed E-state index contributed by atoms with van der Waals surface area (Å²) in [6.45, 7) is 1.18. The minimum absolute atomic E-state index is 0.0911.